The zero-order chi connectivity index (χ0) is 25.0. The van der Waals surface area contributed by atoms with Gasteiger partial charge in [-0.15, -0.1) is 0 Å². The van der Waals surface area contributed by atoms with Gasteiger partial charge in [0.15, 0.2) is 0 Å². The summed E-state index contributed by atoms with van der Waals surface area (Å²) >= 11 is 0. The van der Waals surface area contributed by atoms with E-state index in [-0.39, 0.29) is 40.9 Å². The second kappa shape index (κ2) is 10.4. The number of rotatable bonds is 6. The lowest BCUT2D eigenvalue weighted by Crippen LogP contribution is -2.30. The monoisotopic (exact) mass is 475 g/mol. The van der Waals surface area contributed by atoms with E-state index in [0.29, 0.717) is 11.3 Å². The van der Waals surface area contributed by atoms with E-state index in [4.69, 9.17) is 5.73 Å². The maximum atomic E-state index is 13.9. The average molecular weight is 476 g/mol. The van der Waals surface area contributed by atoms with Crippen LogP contribution in [0.15, 0.2) is 48.0 Å². The summed E-state index contributed by atoms with van der Waals surface area (Å²) in [7, 11) is 0. The normalized spacial score (nSPS) is 19.7. The maximum Gasteiger partial charge on any atom is 0.416 e. The number of nitrogen functional groups attached to an aromatic ring is 1. The first-order chi connectivity index (χ1) is 16.0. The van der Waals surface area contributed by atoms with Gasteiger partial charge in [-0.25, -0.2) is 4.39 Å². The van der Waals surface area contributed by atoms with Gasteiger partial charge in [0.05, 0.1) is 22.6 Å². The van der Waals surface area contributed by atoms with E-state index in [2.05, 4.69) is 16.9 Å². The van der Waals surface area contributed by atoms with Crippen LogP contribution in [-0.2, 0) is 11.0 Å². The van der Waals surface area contributed by atoms with Gasteiger partial charge in [-0.2, -0.15) is 13.2 Å². The third kappa shape index (κ3) is 5.85. The standard InChI is InChI=1S/C26H29F4N3O/c1-4-32-23-12-10-20(27)14-21(23)15(2)17-5-7-18(8-6-17)16(3)25(34)33-24-11-9-19(13-22(24)31)26(28,29)30/h4,9-14,16-18H,2,5-8,31H2,1,3H3,(H,33,34)/t16-,17?,18?/m1/s1. The lowest BCUT2D eigenvalue weighted by molar-refractivity contribution is -0.137. The quantitative estimate of drug-likeness (QED) is 0.263. The minimum atomic E-state index is -4.50. The minimum absolute atomic E-state index is 0.111. The molecule has 8 heteroatoms. The smallest absolute Gasteiger partial charge is 0.397 e. The lowest BCUT2D eigenvalue weighted by Gasteiger charge is -2.33. The van der Waals surface area contributed by atoms with Crippen molar-refractivity contribution in [2.45, 2.75) is 45.7 Å². The van der Waals surface area contributed by atoms with Crippen LogP contribution in [-0.4, -0.2) is 12.1 Å². The van der Waals surface area contributed by atoms with Crippen molar-refractivity contribution >= 4 is 34.8 Å². The first kappa shape index (κ1) is 25.5. The predicted octanol–water partition coefficient (Wildman–Crippen LogP) is 7.24. The van der Waals surface area contributed by atoms with Crippen molar-refractivity contribution < 1.29 is 22.4 Å². The van der Waals surface area contributed by atoms with Crippen LogP contribution in [0.25, 0.3) is 5.57 Å². The molecular weight excluding hydrogens is 446 g/mol. The Hall–Kier alpha value is -3.16. The average Bonchev–Trinajstić information content (AvgIpc) is 2.80. The van der Waals surface area contributed by atoms with E-state index in [0.717, 1.165) is 43.4 Å². The molecule has 1 fully saturated rings. The van der Waals surface area contributed by atoms with Gasteiger partial charge < -0.3 is 11.1 Å². The molecule has 1 aliphatic carbocycles. The molecule has 1 saturated carbocycles. The Morgan fingerprint density at radius 2 is 1.85 bits per heavy atom. The van der Waals surface area contributed by atoms with Crippen LogP contribution < -0.4 is 11.1 Å². The second-order valence-electron chi connectivity index (χ2n) is 8.76. The van der Waals surface area contributed by atoms with Crippen LogP contribution in [0.4, 0.5) is 34.6 Å². The van der Waals surface area contributed by atoms with Gasteiger partial charge >= 0.3 is 6.18 Å². The molecule has 4 nitrogen and oxygen atoms in total. The van der Waals surface area contributed by atoms with Crippen LogP contribution in [0.5, 0.6) is 0 Å². The highest BCUT2D eigenvalue weighted by Gasteiger charge is 2.32. The van der Waals surface area contributed by atoms with Crippen molar-refractivity contribution in [1.29, 1.82) is 0 Å². The molecule has 0 spiro atoms. The second-order valence-corrected chi connectivity index (χ2v) is 8.76. The predicted molar refractivity (Wildman–Crippen MR) is 128 cm³/mol. The van der Waals surface area contributed by atoms with Gasteiger partial charge in [-0.05, 0) is 86.4 Å². The Balaban J connectivity index is 1.61. The molecule has 0 unspecified atom stereocenters. The summed E-state index contributed by atoms with van der Waals surface area (Å²) < 4.78 is 52.4. The molecule has 0 heterocycles. The third-order valence-corrected chi connectivity index (χ3v) is 6.59. The molecule has 0 aromatic heterocycles. The maximum absolute atomic E-state index is 13.9. The molecule has 2 aromatic rings. The molecule has 1 aliphatic rings. The Morgan fingerprint density at radius 1 is 1.18 bits per heavy atom. The molecule has 182 valence electrons. The molecule has 0 bridgehead atoms. The van der Waals surface area contributed by atoms with Crippen molar-refractivity contribution in [1.82, 2.24) is 0 Å². The largest absolute Gasteiger partial charge is 0.416 e. The number of halogens is 4. The van der Waals surface area contributed by atoms with Crippen molar-refractivity contribution in [3.63, 3.8) is 0 Å². The fourth-order valence-electron chi connectivity index (χ4n) is 4.52. The first-order valence-electron chi connectivity index (χ1n) is 11.3. The lowest BCUT2D eigenvalue weighted by atomic mass is 9.73. The fourth-order valence-corrected chi connectivity index (χ4v) is 4.52. The molecular formula is C26H29F4N3O. The van der Waals surface area contributed by atoms with Gasteiger partial charge in [-0.1, -0.05) is 13.5 Å². The zero-order valence-corrected chi connectivity index (χ0v) is 19.3. The number of hydrogen-bond donors (Lipinski definition) is 2. The molecule has 0 radical (unpaired) electrons. The molecule has 0 aliphatic heterocycles. The summed E-state index contributed by atoms with van der Waals surface area (Å²) in [4.78, 5) is 17.1. The van der Waals surface area contributed by atoms with E-state index >= 15 is 0 Å². The summed E-state index contributed by atoms with van der Waals surface area (Å²) in [6, 6.07) is 7.37. The number of carbonyl (C=O) groups excluding carboxylic acids is 1. The molecule has 3 rings (SSSR count). The van der Waals surface area contributed by atoms with Gasteiger partial charge in [-0.3, -0.25) is 9.79 Å². The Bertz CT molecular complexity index is 1090. The van der Waals surface area contributed by atoms with Crippen molar-refractivity contribution in [2.75, 3.05) is 11.1 Å². The van der Waals surface area contributed by atoms with Crippen LogP contribution in [0.3, 0.4) is 0 Å². The zero-order valence-electron chi connectivity index (χ0n) is 19.3. The van der Waals surface area contributed by atoms with Crippen molar-refractivity contribution in [2.24, 2.45) is 22.7 Å². The number of hydrogen-bond acceptors (Lipinski definition) is 3. The van der Waals surface area contributed by atoms with E-state index in [9.17, 15) is 22.4 Å². The van der Waals surface area contributed by atoms with Crippen LogP contribution in [0.2, 0.25) is 0 Å². The number of amides is 1. The number of allylic oxidation sites excluding steroid dienone is 1. The first-order valence-corrected chi connectivity index (χ1v) is 11.3. The number of alkyl halides is 3. The Morgan fingerprint density at radius 3 is 2.44 bits per heavy atom. The number of nitrogens with one attached hydrogen (secondary N) is 1. The van der Waals surface area contributed by atoms with E-state index in [1.54, 1.807) is 19.2 Å². The SMILES string of the molecule is C=C(c1cc(F)ccc1N=CC)C1CCC([C@@H](C)C(=O)Nc2ccc(C(F)(F)F)cc2N)CC1. The van der Waals surface area contributed by atoms with E-state index in [1.165, 1.54) is 18.2 Å². The van der Waals surface area contributed by atoms with Crippen LogP contribution in [0.1, 0.15) is 50.7 Å². The van der Waals surface area contributed by atoms with Crippen LogP contribution >= 0.6 is 0 Å². The van der Waals surface area contributed by atoms with Crippen molar-refractivity contribution in [3.8, 4) is 0 Å². The van der Waals surface area contributed by atoms with E-state index in [1.807, 2.05) is 6.92 Å². The highest BCUT2D eigenvalue weighted by atomic mass is 19.4. The molecule has 1 amide bonds. The van der Waals surface area contributed by atoms with Gasteiger partial charge in [0.2, 0.25) is 5.91 Å². The van der Waals surface area contributed by atoms with Gasteiger partial charge in [0.25, 0.3) is 0 Å². The fraction of sp³-hybridized carbons (Fsp3) is 0.385. The molecule has 1 atom stereocenters. The van der Waals surface area contributed by atoms with Gasteiger partial charge in [0.1, 0.15) is 5.82 Å². The number of nitrogens with two attached hydrogens (primary N) is 1. The topological polar surface area (TPSA) is 67.5 Å². The number of benzene rings is 2. The third-order valence-electron chi connectivity index (χ3n) is 6.59. The minimum Gasteiger partial charge on any atom is -0.397 e. The number of aliphatic imine (C=N–C) groups is 1. The number of anilines is 2. The van der Waals surface area contributed by atoms with Gasteiger partial charge in [0, 0.05) is 17.7 Å². The molecule has 3 N–H and O–H groups in total. The highest BCUT2D eigenvalue weighted by Crippen LogP contribution is 2.42. The summed E-state index contributed by atoms with van der Waals surface area (Å²) in [5.74, 6) is -0.693. The summed E-state index contributed by atoms with van der Waals surface area (Å²) in [6.45, 7) is 7.83. The molecule has 2 aromatic carbocycles. The summed E-state index contributed by atoms with van der Waals surface area (Å²) in [5, 5.41) is 2.67. The molecule has 34 heavy (non-hydrogen) atoms. The number of nitrogens with zero attached hydrogens (tertiary/aromatic N) is 1. The van der Waals surface area contributed by atoms with E-state index < -0.39 is 11.7 Å². The Kier molecular flexibility index (Phi) is 7.79. The number of carbonyl (C=O) groups is 1. The summed E-state index contributed by atoms with van der Waals surface area (Å²) in [5.41, 5.74) is 7.13. The summed E-state index contributed by atoms with van der Waals surface area (Å²) in [6.07, 6.45) is 0.321. The highest BCUT2D eigenvalue weighted by molar-refractivity contribution is 5.95. The van der Waals surface area contributed by atoms with Crippen molar-refractivity contribution in [3.05, 3.63) is 59.9 Å². The Labute approximate surface area is 197 Å². The molecule has 0 saturated heterocycles. The van der Waals surface area contributed by atoms with Crippen LogP contribution in [0, 0.1) is 23.6 Å².